The van der Waals surface area contributed by atoms with Crippen molar-refractivity contribution < 1.29 is 0 Å². The molecule has 0 spiro atoms. The lowest BCUT2D eigenvalue weighted by Gasteiger charge is -2.00. The van der Waals surface area contributed by atoms with Crippen LogP contribution < -0.4 is 5.32 Å². The zero-order valence-electron chi connectivity index (χ0n) is 9.77. The van der Waals surface area contributed by atoms with E-state index in [0.717, 1.165) is 31.5 Å². The van der Waals surface area contributed by atoms with Gasteiger partial charge in [-0.25, -0.2) is 4.98 Å². The van der Waals surface area contributed by atoms with Crippen molar-refractivity contribution in [3.63, 3.8) is 0 Å². The molecule has 0 fully saturated rings. The van der Waals surface area contributed by atoms with Crippen molar-refractivity contribution in [3.05, 3.63) is 47.5 Å². The number of rotatable bonds is 2. The number of nitrogens with one attached hydrogen (secondary N) is 1. The fraction of sp³-hybridized carbons (Fsp3) is 0.0714. The number of halogens is 1. The fourth-order valence-corrected chi connectivity index (χ4v) is 2.92. The van der Waals surface area contributed by atoms with Crippen molar-refractivity contribution in [3.8, 4) is 10.6 Å². The SMILES string of the molecule is CNc1ccc(-c2nc3cc(Cl)ccc3s2)cc1. The number of aromatic nitrogens is 1. The third-order valence-electron chi connectivity index (χ3n) is 2.77. The van der Waals surface area contributed by atoms with Crippen LogP contribution in [0.3, 0.4) is 0 Å². The van der Waals surface area contributed by atoms with E-state index in [9.17, 15) is 0 Å². The minimum Gasteiger partial charge on any atom is -0.388 e. The van der Waals surface area contributed by atoms with Crippen LogP contribution in [-0.2, 0) is 0 Å². The lowest BCUT2D eigenvalue weighted by atomic mass is 10.2. The van der Waals surface area contributed by atoms with Crippen molar-refractivity contribution in [2.75, 3.05) is 12.4 Å². The van der Waals surface area contributed by atoms with Gasteiger partial charge in [-0.1, -0.05) is 11.6 Å². The Morgan fingerprint density at radius 3 is 2.61 bits per heavy atom. The largest absolute Gasteiger partial charge is 0.388 e. The van der Waals surface area contributed by atoms with E-state index in [0.29, 0.717) is 0 Å². The Morgan fingerprint density at radius 2 is 1.89 bits per heavy atom. The normalized spacial score (nSPS) is 10.8. The Hall–Kier alpha value is -1.58. The predicted octanol–water partition coefficient (Wildman–Crippen LogP) is 4.66. The van der Waals surface area contributed by atoms with Gasteiger partial charge in [0.2, 0.25) is 0 Å². The molecule has 1 N–H and O–H groups in total. The summed E-state index contributed by atoms with van der Waals surface area (Å²) in [5.41, 5.74) is 3.19. The van der Waals surface area contributed by atoms with Gasteiger partial charge in [0.1, 0.15) is 5.01 Å². The molecular weight excluding hydrogens is 264 g/mol. The van der Waals surface area contributed by atoms with E-state index in [1.165, 1.54) is 0 Å². The van der Waals surface area contributed by atoms with Crippen LogP contribution in [0.25, 0.3) is 20.8 Å². The van der Waals surface area contributed by atoms with Crippen LogP contribution in [0.4, 0.5) is 5.69 Å². The van der Waals surface area contributed by atoms with E-state index in [4.69, 9.17) is 11.6 Å². The molecule has 0 radical (unpaired) electrons. The number of benzene rings is 2. The number of thiazole rings is 1. The van der Waals surface area contributed by atoms with Gasteiger partial charge in [-0.3, -0.25) is 0 Å². The summed E-state index contributed by atoms with van der Waals surface area (Å²) in [5, 5.41) is 4.86. The van der Waals surface area contributed by atoms with E-state index < -0.39 is 0 Å². The number of anilines is 1. The lowest BCUT2D eigenvalue weighted by molar-refractivity contribution is 1.46. The first-order valence-corrected chi connectivity index (χ1v) is 6.80. The van der Waals surface area contributed by atoms with Crippen LogP contribution in [0.5, 0.6) is 0 Å². The molecule has 4 heteroatoms. The van der Waals surface area contributed by atoms with Crippen molar-refractivity contribution in [1.29, 1.82) is 0 Å². The minimum atomic E-state index is 0.727. The van der Waals surface area contributed by atoms with Gasteiger partial charge >= 0.3 is 0 Å². The topological polar surface area (TPSA) is 24.9 Å². The van der Waals surface area contributed by atoms with Gasteiger partial charge in [-0.15, -0.1) is 11.3 Å². The highest BCUT2D eigenvalue weighted by Crippen LogP contribution is 2.31. The summed E-state index contributed by atoms with van der Waals surface area (Å²) in [6.45, 7) is 0. The molecule has 18 heavy (non-hydrogen) atoms. The van der Waals surface area contributed by atoms with Gasteiger partial charge in [0.15, 0.2) is 0 Å². The van der Waals surface area contributed by atoms with Crippen molar-refractivity contribution >= 4 is 38.8 Å². The highest BCUT2D eigenvalue weighted by Gasteiger charge is 2.06. The van der Waals surface area contributed by atoms with Crippen molar-refractivity contribution in [1.82, 2.24) is 4.98 Å². The Labute approximate surface area is 114 Å². The third-order valence-corrected chi connectivity index (χ3v) is 4.09. The van der Waals surface area contributed by atoms with Crippen LogP contribution >= 0.6 is 22.9 Å². The molecule has 2 nitrogen and oxygen atoms in total. The molecule has 0 bridgehead atoms. The molecule has 0 unspecified atom stereocenters. The Bertz CT molecular complexity index is 689. The second-order valence-electron chi connectivity index (χ2n) is 3.96. The first-order valence-electron chi connectivity index (χ1n) is 5.60. The van der Waals surface area contributed by atoms with Crippen molar-refractivity contribution in [2.45, 2.75) is 0 Å². The van der Waals surface area contributed by atoms with Gasteiger partial charge < -0.3 is 5.32 Å². The average molecular weight is 275 g/mol. The molecule has 0 atom stereocenters. The summed E-state index contributed by atoms with van der Waals surface area (Å²) >= 11 is 7.65. The van der Waals surface area contributed by atoms with Gasteiger partial charge in [-0.05, 0) is 42.5 Å². The van der Waals surface area contributed by atoms with E-state index in [2.05, 4.69) is 22.4 Å². The zero-order chi connectivity index (χ0) is 12.5. The number of hydrogen-bond acceptors (Lipinski definition) is 3. The predicted molar refractivity (Wildman–Crippen MR) is 79.6 cm³/mol. The molecule has 1 heterocycles. The van der Waals surface area contributed by atoms with Crippen LogP contribution in [0.1, 0.15) is 0 Å². The summed E-state index contributed by atoms with van der Waals surface area (Å²) in [7, 11) is 1.91. The summed E-state index contributed by atoms with van der Waals surface area (Å²) < 4.78 is 1.16. The summed E-state index contributed by atoms with van der Waals surface area (Å²) in [6, 6.07) is 14.1. The summed E-state index contributed by atoms with van der Waals surface area (Å²) in [4.78, 5) is 4.61. The summed E-state index contributed by atoms with van der Waals surface area (Å²) in [6.07, 6.45) is 0. The van der Waals surface area contributed by atoms with Crippen LogP contribution in [0, 0.1) is 0 Å². The monoisotopic (exact) mass is 274 g/mol. The molecular formula is C14H11ClN2S. The molecule has 0 saturated carbocycles. The maximum Gasteiger partial charge on any atom is 0.124 e. The van der Waals surface area contributed by atoms with Crippen molar-refractivity contribution in [2.24, 2.45) is 0 Å². The number of fused-ring (bicyclic) bond motifs is 1. The standard InChI is InChI=1S/C14H11ClN2S/c1-16-11-5-2-9(3-6-11)14-17-12-8-10(15)4-7-13(12)18-14/h2-8,16H,1H3. The molecule has 0 amide bonds. The van der Waals surface area contributed by atoms with E-state index >= 15 is 0 Å². The van der Waals surface area contributed by atoms with E-state index in [1.54, 1.807) is 11.3 Å². The number of nitrogens with zero attached hydrogens (tertiary/aromatic N) is 1. The molecule has 0 aliphatic heterocycles. The molecule has 90 valence electrons. The molecule has 1 aromatic heterocycles. The molecule has 2 aromatic carbocycles. The maximum atomic E-state index is 5.97. The van der Waals surface area contributed by atoms with Gasteiger partial charge in [0.05, 0.1) is 10.2 Å². The third kappa shape index (κ3) is 2.07. The maximum absolute atomic E-state index is 5.97. The highest BCUT2D eigenvalue weighted by atomic mass is 35.5. The van der Waals surface area contributed by atoms with Crippen LogP contribution in [0.15, 0.2) is 42.5 Å². The molecule has 0 aliphatic carbocycles. The lowest BCUT2D eigenvalue weighted by Crippen LogP contribution is -1.86. The van der Waals surface area contributed by atoms with Crippen LogP contribution in [0.2, 0.25) is 5.02 Å². The first-order chi connectivity index (χ1) is 8.76. The zero-order valence-corrected chi connectivity index (χ0v) is 11.3. The molecule has 0 saturated heterocycles. The quantitative estimate of drug-likeness (QED) is 0.735. The fourth-order valence-electron chi connectivity index (χ4n) is 1.80. The molecule has 3 rings (SSSR count). The van der Waals surface area contributed by atoms with Gasteiger partial charge in [0, 0.05) is 23.3 Å². The molecule has 0 aliphatic rings. The van der Waals surface area contributed by atoms with Gasteiger partial charge in [0.25, 0.3) is 0 Å². The van der Waals surface area contributed by atoms with E-state index in [1.807, 2.05) is 37.4 Å². The Kier molecular flexibility index (Phi) is 2.94. The molecule has 3 aromatic rings. The minimum absolute atomic E-state index is 0.727. The second kappa shape index (κ2) is 4.59. The summed E-state index contributed by atoms with van der Waals surface area (Å²) in [5.74, 6) is 0. The Balaban J connectivity index is 2.07. The van der Waals surface area contributed by atoms with E-state index in [-0.39, 0.29) is 0 Å². The van der Waals surface area contributed by atoms with Crippen LogP contribution in [-0.4, -0.2) is 12.0 Å². The average Bonchev–Trinajstić information content (AvgIpc) is 2.81. The Morgan fingerprint density at radius 1 is 1.11 bits per heavy atom. The first kappa shape index (κ1) is 11.5. The second-order valence-corrected chi connectivity index (χ2v) is 5.43. The highest BCUT2D eigenvalue weighted by molar-refractivity contribution is 7.21. The smallest absolute Gasteiger partial charge is 0.124 e. The van der Waals surface area contributed by atoms with Gasteiger partial charge in [-0.2, -0.15) is 0 Å². The number of hydrogen-bond donors (Lipinski definition) is 1.